The van der Waals surface area contributed by atoms with E-state index in [-0.39, 0.29) is 17.2 Å². The fraction of sp³-hybridized carbons (Fsp3) is 0. The molecule has 4 heteroatoms. The summed E-state index contributed by atoms with van der Waals surface area (Å²) in [5.41, 5.74) is 3.47. The SMILES string of the molecule is O=C(C=C(O)c1ccccc1)c1cc(-c2ccccc2)n(-c2ccccc2)n1. The number of rotatable bonds is 5. The molecule has 4 aromatic rings. The largest absolute Gasteiger partial charge is 0.507 e. The molecule has 0 aliphatic heterocycles. The Labute approximate surface area is 163 Å². The van der Waals surface area contributed by atoms with Crippen LogP contribution in [0.15, 0.2) is 103 Å². The zero-order chi connectivity index (χ0) is 19.3. The zero-order valence-electron chi connectivity index (χ0n) is 15.1. The highest BCUT2D eigenvalue weighted by Gasteiger charge is 2.16. The first-order valence-electron chi connectivity index (χ1n) is 8.94. The van der Waals surface area contributed by atoms with E-state index < -0.39 is 0 Å². The van der Waals surface area contributed by atoms with Gasteiger partial charge in [0.1, 0.15) is 11.5 Å². The van der Waals surface area contributed by atoms with E-state index in [1.54, 1.807) is 22.9 Å². The van der Waals surface area contributed by atoms with Crippen LogP contribution in [-0.4, -0.2) is 20.7 Å². The molecule has 0 unspecified atom stereocenters. The van der Waals surface area contributed by atoms with Crippen LogP contribution < -0.4 is 0 Å². The monoisotopic (exact) mass is 366 g/mol. The number of aromatic nitrogens is 2. The molecule has 28 heavy (non-hydrogen) atoms. The van der Waals surface area contributed by atoms with Crippen molar-refractivity contribution in [3.05, 3.63) is 114 Å². The number of ketones is 1. The molecule has 1 aromatic heterocycles. The summed E-state index contributed by atoms with van der Waals surface area (Å²) in [6, 6.07) is 30.1. The van der Waals surface area contributed by atoms with Crippen molar-refractivity contribution >= 4 is 11.5 Å². The van der Waals surface area contributed by atoms with E-state index in [1.165, 1.54) is 6.08 Å². The third-order valence-corrected chi connectivity index (χ3v) is 4.37. The molecule has 0 amide bonds. The smallest absolute Gasteiger partial charge is 0.209 e. The van der Waals surface area contributed by atoms with Crippen molar-refractivity contribution < 1.29 is 9.90 Å². The van der Waals surface area contributed by atoms with Crippen LogP contribution in [0, 0.1) is 0 Å². The van der Waals surface area contributed by atoms with Gasteiger partial charge in [-0.25, -0.2) is 4.68 Å². The summed E-state index contributed by atoms with van der Waals surface area (Å²) in [7, 11) is 0. The van der Waals surface area contributed by atoms with E-state index in [1.807, 2.05) is 78.9 Å². The third kappa shape index (κ3) is 3.62. The molecule has 0 spiro atoms. The number of para-hydroxylation sites is 1. The topological polar surface area (TPSA) is 55.1 Å². The van der Waals surface area contributed by atoms with Gasteiger partial charge in [-0.15, -0.1) is 0 Å². The summed E-state index contributed by atoms with van der Waals surface area (Å²) in [5, 5.41) is 14.8. The number of benzene rings is 3. The number of hydrogen-bond acceptors (Lipinski definition) is 3. The maximum atomic E-state index is 12.7. The summed E-state index contributed by atoms with van der Waals surface area (Å²) in [6.07, 6.45) is 1.21. The number of hydrogen-bond donors (Lipinski definition) is 1. The predicted octanol–water partition coefficient (Wildman–Crippen LogP) is 5.32. The molecule has 0 fully saturated rings. The Kier molecular flexibility index (Phi) is 4.85. The van der Waals surface area contributed by atoms with E-state index in [0.717, 1.165) is 16.9 Å². The lowest BCUT2D eigenvalue weighted by Gasteiger charge is -2.07. The van der Waals surface area contributed by atoms with Crippen molar-refractivity contribution in [2.75, 3.05) is 0 Å². The molecule has 3 aromatic carbocycles. The van der Waals surface area contributed by atoms with Gasteiger partial charge in [-0.1, -0.05) is 78.9 Å². The molecule has 0 atom stereocenters. The molecule has 136 valence electrons. The Balaban J connectivity index is 1.76. The van der Waals surface area contributed by atoms with E-state index in [0.29, 0.717) is 5.56 Å². The summed E-state index contributed by atoms with van der Waals surface area (Å²) in [6.45, 7) is 0. The molecule has 1 N–H and O–H groups in total. The first-order chi connectivity index (χ1) is 13.7. The fourth-order valence-corrected chi connectivity index (χ4v) is 2.97. The molecule has 1 heterocycles. The van der Waals surface area contributed by atoms with Crippen LogP contribution in [-0.2, 0) is 0 Å². The van der Waals surface area contributed by atoms with Crippen LogP contribution in [0.25, 0.3) is 22.7 Å². The second-order valence-corrected chi connectivity index (χ2v) is 6.29. The number of aliphatic hydroxyl groups is 1. The molecular formula is C24H18N2O2. The van der Waals surface area contributed by atoms with Gasteiger partial charge in [0.25, 0.3) is 0 Å². The van der Waals surface area contributed by atoms with Gasteiger partial charge in [0.15, 0.2) is 0 Å². The molecule has 4 nitrogen and oxygen atoms in total. The first-order valence-corrected chi connectivity index (χ1v) is 8.94. The van der Waals surface area contributed by atoms with Crippen LogP contribution in [0.3, 0.4) is 0 Å². The molecule has 0 saturated carbocycles. The van der Waals surface area contributed by atoms with Gasteiger partial charge in [0.2, 0.25) is 5.78 Å². The molecule has 4 rings (SSSR count). The minimum absolute atomic E-state index is 0.0823. The summed E-state index contributed by atoms with van der Waals surface area (Å²) in [4.78, 5) is 12.7. The standard InChI is InChI=1S/C24H18N2O2/c27-23(19-12-6-2-7-13-19)17-24(28)21-16-22(18-10-4-1-5-11-18)26(25-21)20-14-8-3-9-15-20/h1-17,27H. The molecular weight excluding hydrogens is 348 g/mol. The van der Waals surface area contributed by atoms with Crippen LogP contribution in [0.2, 0.25) is 0 Å². The van der Waals surface area contributed by atoms with Crippen LogP contribution in [0.1, 0.15) is 16.1 Å². The molecule has 0 radical (unpaired) electrons. The van der Waals surface area contributed by atoms with Crippen LogP contribution >= 0.6 is 0 Å². The number of nitrogens with zero attached hydrogens (tertiary/aromatic N) is 2. The first kappa shape index (κ1) is 17.5. The Morgan fingerprint density at radius 3 is 2.04 bits per heavy atom. The fourth-order valence-electron chi connectivity index (χ4n) is 2.97. The van der Waals surface area contributed by atoms with Crippen molar-refractivity contribution in [3.8, 4) is 16.9 Å². The van der Waals surface area contributed by atoms with Gasteiger partial charge in [-0.3, -0.25) is 4.79 Å². The maximum Gasteiger partial charge on any atom is 0.209 e. The lowest BCUT2D eigenvalue weighted by atomic mass is 10.1. The average molecular weight is 366 g/mol. The summed E-state index contributed by atoms with van der Waals surface area (Å²) < 4.78 is 1.75. The Bertz CT molecular complexity index is 1060. The van der Waals surface area contributed by atoms with Gasteiger partial charge >= 0.3 is 0 Å². The quantitative estimate of drug-likeness (QED) is 0.295. The molecule has 0 bridgehead atoms. The Morgan fingerprint density at radius 2 is 1.39 bits per heavy atom. The second kappa shape index (κ2) is 7.76. The van der Waals surface area contributed by atoms with Crippen molar-refractivity contribution in [2.45, 2.75) is 0 Å². The highest BCUT2D eigenvalue weighted by Crippen LogP contribution is 2.24. The normalized spacial score (nSPS) is 11.4. The number of carbonyl (C=O) groups is 1. The number of allylic oxidation sites excluding steroid dienone is 1. The number of aliphatic hydroxyl groups excluding tert-OH is 1. The zero-order valence-corrected chi connectivity index (χ0v) is 15.1. The highest BCUT2D eigenvalue weighted by atomic mass is 16.3. The highest BCUT2D eigenvalue weighted by molar-refractivity contribution is 6.07. The van der Waals surface area contributed by atoms with Gasteiger partial charge in [0, 0.05) is 17.2 Å². The lowest BCUT2D eigenvalue weighted by Crippen LogP contribution is -2.02. The van der Waals surface area contributed by atoms with Crippen LogP contribution in [0.4, 0.5) is 0 Å². The predicted molar refractivity (Wildman–Crippen MR) is 110 cm³/mol. The van der Waals surface area contributed by atoms with Gasteiger partial charge in [0.05, 0.1) is 11.4 Å². The van der Waals surface area contributed by atoms with E-state index in [4.69, 9.17) is 0 Å². The maximum absolute atomic E-state index is 12.7. The average Bonchev–Trinajstić information content (AvgIpc) is 3.21. The van der Waals surface area contributed by atoms with Crippen molar-refractivity contribution in [3.63, 3.8) is 0 Å². The number of carbonyl (C=O) groups excluding carboxylic acids is 1. The van der Waals surface area contributed by atoms with E-state index in [9.17, 15) is 9.90 Å². The minimum Gasteiger partial charge on any atom is -0.507 e. The minimum atomic E-state index is -0.354. The Hall–Kier alpha value is -3.92. The van der Waals surface area contributed by atoms with Crippen molar-refractivity contribution in [2.24, 2.45) is 0 Å². The molecule has 0 aliphatic rings. The van der Waals surface area contributed by atoms with Crippen LogP contribution in [0.5, 0.6) is 0 Å². The Morgan fingerprint density at radius 1 is 0.821 bits per heavy atom. The summed E-state index contributed by atoms with van der Waals surface area (Å²) in [5.74, 6) is -0.436. The van der Waals surface area contributed by atoms with Crippen molar-refractivity contribution in [1.82, 2.24) is 9.78 Å². The second-order valence-electron chi connectivity index (χ2n) is 6.29. The van der Waals surface area contributed by atoms with Gasteiger partial charge in [-0.05, 0) is 18.2 Å². The van der Waals surface area contributed by atoms with E-state index in [2.05, 4.69) is 5.10 Å². The third-order valence-electron chi connectivity index (χ3n) is 4.37. The summed E-state index contributed by atoms with van der Waals surface area (Å²) >= 11 is 0. The van der Waals surface area contributed by atoms with E-state index >= 15 is 0 Å². The molecule has 0 aliphatic carbocycles. The van der Waals surface area contributed by atoms with Gasteiger partial charge < -0.3 is 5.11 Å². The lowest BCUT2D eigenvalue weighted by molar-refractivity contribution is 0.104. The van der Waals surface area contributed by atoms with Gasteiger partial charge in [-0.2, -0.15) is 5.10 Å². The molecule has 0 saturated heterocycles. The van der Waals surface area contributed by atoms with Crippen molar-refractivity contribution in [1.29, 1.82) is 0 Å².